The Balaban J connectivity index is 0.00000225. The summed E-state index contributed by atoms with van der Waals surface area (Å²) in [6.07, 6.45) is 6.51. The fourth-order valence-electron chi connectivity index (χ4n) is 3.01. The van der Waals surface area contributed by atoms with Crippen molar-refractivity contribution in [3.63, 3.8) is 0 Å². The van der Waals surface area contributed by atoms with Crippen molar-refractivity contribution in [3.05, 3.63) is 41.4 Å². The van der Waals surface area contributed by atoms with Crippen LogP contribution in [0.25, 0.3) is 10.6 Å². The molecule has 1 heterocycles. The van der Waals surface area contributed by atoms with Crippen molar-refractivity contribution in [2.24, 2.45) is 4.99 Å². The molecule has 4 nitrogen and oxygen atoms in total. The van der Waals surface area contributed by atoms with Crippen molar-refractivity contribution in [3.8, 4) is 10.6 Å². The number of thiazole rings is 1. The lowest BCUT2D eigenvalue weighted by atomic mass is 9.96. The van der Waals surface area contributed by atoms with Gasteiger partial charge in [-0.2, -0.15) is 0 Å². The van der Waals surface area contributed by atoms with E-state index in [0.717, 1.165) is 23.2 Å². The van der Waals surface area contributed by atoms with Crippen LogP contribution in [0.5, 0.6) is 0 Å². The minimum absolute atomic E-state index is 0. The molecule has 1 aliphatic rings. The van der Waals surface area contributed by atoms with Crippen LogP contribution < -0.4 is 10.6 Å². The molecule has 0 radical (unpaired) electrons. The summed E-state index contributed by atoms with van der Waals surface area (Å²) in [5.74, 6) is 0.915. The number of nitrogens with one attached hydrogen (secondary N) is 2. The molecule has 1 fully saturated rings. The quantitative estimate of drug-likeness (QED) is 0.375. The molecule has 1 aromatic heterocycles. The number of rotatable bonds is 5. The van der Waals surface area contributed by atoms with E-state index in [1.54, 1.807) is 11.3 Å². The molecule has 1 aliphatic carbocycles. The number of hydrogen-bond donors (Lipinski definition) is 2. The number of aromatic nitrogens is 1. The van der Waals surface area contributed by atoms with Crippen LogP contribution in [-0.2, 0) is 6.54 Å². The lowest BCUT2D eigenvalue weighted by Gasteiger charge is -2.24. The van der Waals surface area contributed by atoms with E-state index < -0.39 is 0 Å². The molecule has 0 saturated heterocycles. The van der Waals surface area contributed by atoms with Gasteiger partial charge in [0.15, 0.2) is 5.96 Å². The maximum atomic E-state index is 4.72. The molecular weight excluding hydrogens is 443 g/mol. The Morgan fingerprint density at radius 1 is 1.20 bits per heavy atom. The van der Waals surface area contributed by atoms with Crippen molar-refractivity contribution >= 4 is 41.3 Å². The summed E-state index contributed by atoms with van der Waals surface area (Å²) < 4.78 is 0. The average Bonchev–Trinajstić information content (AvgIpc) is 3.11. The SMILES string of the molecule is CCNC(=NCc1csc(-c2ccccc2)n1)NC1CCCCC1.I. The fraction of sp³-hybridized carbons (Fsp3) is 0.474. The van der Waals surface area contributed by atoms with Gasteiger partial charge in [0.1, 0.15) is 5.01 Å². The molecule has 0 amide bonds. The van der Waals surface area contributed by atoms with Crippen molar-refractivity contribution in [1.29, 1.82) is 0 Å². The predicted octanol–water partition coefficient (Wildman–Crippen LogP) is 4.82. The summed E-state index contributed by atoms with van der Waals surface area (Å²) in [4.78, 5) is 9.44. The Labute approximate surface area is 171 Å². The lowest BCUT2D eigenvalue weighted by molar-refractivity contribution is 0.410. The first-order valence-corrected chi connectivity index (χ1v) is 9.78. The van der Waals surface area contributed by atoms with Gasteiger partial charge in [-0.25, -0.2) is 9.98 Å². The standard InChI is InChI=1S/C19H26N4S.HI/c1-2-20-19(23-16-11-7-4-8-12-16)21-13-17-14-24-18(22-17)15-9-5-3-6-10-15;/h3,5-6,9-10,14,16H,2,4,7-8,11-13H2,1H3,(H2,20,21,23);1H. The third-order valence-corrected chi connectivity index (χ3v) is 5.20. The van der Waals surface area contributed by atoms with Crippen LogP contribution in [0.3, 0.4) is 0 Å². The monoisotopic (exact) mass is 470 g/mol. The number of halogens is 1. The minimum atomic E-state index is 0. The zero-order valence-corrected chi connectivity index (χ0v) is 17.8. The summed E-state index contributed by atoms with van der Waals surface area (Å²) in [5, 5.41) is 10.1. The second kappa shape index (κ2) is 10.8. The van der Waals surface area contributed by atoms with E-state index in [1.807, 2.05) is 18.2 Å². The van der Waals surface area contributed by atoms with Crippen LogP contribution in [0.2, 0.25) is 0 Å². The van der Waals surface area contributed by atoms with Crippen LogP contribution >= 0.6 is 35.3 Å². The van der Waals surface area contributed by atoms with Crippen molar-refractivity contribution in [2.45, 2.75) is 51.6 Å². The van der Waals surface area contributed by atoms with Gasteiger partial charge in [-0.05, 0) is 19.8 Å². The highest BCUT2D eigenvalue weighted by Gasteiger charge is 2.14. The van der Waals surface area contributed by atoms with E-state index in [0.29, 0.717) is 12.6 Å². The average molecular weight is 470 g/mol. The van der Waals surface area contributed by atoms with E-state index in [2.05, 4.69) is 35.1 Å². The summed E-state index contributed by atoms with van der Waals surface area (Å²) >= 11 is 1.68. The molecule has 2 N–H and O–H groups in total. The molecule has 0 atom stereocenters. The molecule has 0 spiro atoms. The van der Waals surface area contributed by atoms with Crippen molar-refractivity contribution in [1.82, 2.24) is 15.6 Å². The number of guanidine groups is 1. The van der Waals surface area contributed by atoms with Gasteiger partial charge in [0.2, 0.25) is 0 Å². The van der Waals surface area contributed by atoms with Gasteiger partial charge in [-0.15, -0.1) is 35.3 Å². The first-order valence-electron chi connectivity index (χ1n) is 8.90. The van der Waals surface area contributed by atoms with Gasteiger partial charge < -0.3 is 10.6 Å². The topological polar surface area (TPSA) is 49.3 Å². The second-order valence-corrected chi connectivity index (χ2v) is 7.04. The highest BCUT2D eigenvalue weighted by atomic mass is 127. The molecule has 1 aromatic carbocycles. The van der Waals surface area contributed by atoms with Gasteiger partial charge >= 0.3 is 0 Å². The zero-order valence-electron chi connectivity index (χ0n) is 14.7. The summed E-state index contributed by atoms with van der Waals surface area (Å²) in [7, 11) is 0. The highest BCUT2D eigenvalue weighted by molar-refractivity contribution is 14.0. The maximum absolute atomic E-state index is 4.72. The fourth-order valence-corrected chi connectivity index (χ4v) is 3.83. The smallest absolute Gasteiger partial charge is 0.191 e. The van der Waals surface area contributed by atoms with E-state index in [4.69, 9.17) is 9.98 Å². The van der Waals surface area contributed by atoms with Gasteiger partial charge in [0, 0.05) is 23.5 Å². The number of benzene rings is 1. The Hall–Kier alpha value is -1.15. The first-order chi connectivity index (χ1) is 11.8. The first kappa shape index (κ1) is 20.2. The third-order valence-electron chi connectivity index (χ3n) is 4.26. The molecule has 0 aliphatic heterocycles. The van der Waals surface area contributed by atoms with Gasteiger partial charge in [-0.1, -0.05) is 49.6 Å². The van der Waals surface area contributed by atoms with Gasteiger partial charge in [0.25, 0.3) is 0 Å². The third kappa shape index (κ3) is 6.26. The molecule has 2 aromatic rings. The second-order valence-electron chi connectivity index (χ2n) is 6.18. The minimum Gasteiger partial charge on any atom is -0.357 e. The number of aliphatic imine (C=N–C) groups is 1. The number of nitrogens with zero attached hydrogens (tertiary/aromatic N) is 2. The maximum Gasteiger partial charge on any atom is 0.191 e. The Morgan fingerprint density at radius 3 is 2.68 bits per heavy atom. The highest BCUT2D eigenvalue weighted by Crippen LogP contribution is 2.23. The lowest BCUT2D eigenvalue weighted by Crippen LogP contribution is -2.44. The predicted molar refractivity (Wildman–Crippen MR) is 118 cm³/mol. The normalized spacial score (nSPS) is 15.5. The molecule has 136 valence electrons. The molecule has 0 bridgehead atoms. The van der Waals surface area contributed by atoms with Crippen LogP contribution in [0.1, 0.15) is 44.7 Å². The van der Waals surface area contributed by atoms with E-state index in [1.165, 1.54) is 37.7 Å². The Kier molecular flexibility index (Phi) is 8.67. The summed E-state index contributed by atoms with van der Waals surface area (Å²) in [6.45, 7) is 3.60. The summed E-state index contributed by atoms with van der Waals surface area (Å²) in [5.41, 5.74) is 2.20. The molecule has 25 heavy (non-hydrogen) atoms. The van der Waals surface area contributed by atoms with Crippen molar-refractivity contribution < 1.29 is 0 Å². The van der Waals surface area contributed by atoms with Crippen LogP contribution in [0.4, 0.5) is 0 Å². The Morgan fingerprint density at radius 2 is 1.96 bits per heavy atom. The van der Waals surface area contributed by atoms with Crippen LogP contribution in [0.15, 0.2) is 40.7 Å². The van der Waals surface area contributed by atoms with Gasteiger partial charge in [-0.3, -0.25) is 0 Å². The number of hydrogen-bond acceptors (Lipinski definition) is 3. The summed E-state index contributed by atoms with van der Waals surface area (Å²) in [6, 6.07) is 10.9. The van der Waals surface area contributed by atoms with Crippen molar-refractivity contribution in [2.75, 3.05) is 6.54 Å². The van der Waals surface area contributed by atoms with Gasteiger partial charge in [0.05, 0.1) is 12.2 Å². The molecule has 3 rings (SSSR count). The van der Waals surface area contributed by atoms with Crippen LogP contribution in [0, 0.1) is 0 Å². The Bertz CT molecular complexity index is 650. The van der Waals surface area contributed by atoms with E-state index in [9.17, 15) is 0 Å². The largest absolute Gasteiger partial charge is 0.357 e. The van der Waals surface area contributed by atoms with E-state index in [-0.39, 0.29) is 24.0 Å². The molecule has 1 saturated carbocycles. The molecular formula is C19H27IN4S. The molecule has 6 heteroatoms. The van der Waals surface area contributed by atoms with Crippen LogP contribution in [-0.4, -0.2) is 23.5 Å². The molecule has 0 unspecified atom stereocenters. The zero-order chi connectivity index (χ0) is 16.6. The van der Waals surface area contributed by atoms with E-state index >= 15 is 0 Å².